The number of benzene rings is 1. The Bertz CT molecular complexity index is 553. The lowest BCUT2D eigenvalue weighted by Gasteiger charge is -2.18. The van der Waals surface area contributed by atoms with Gasteiger partial charge in [-0.3, -0.25) is 0 Å². The van der Waals surface area contributed by atoms with Gasteiger partial charge in [0.25, 0.3) is 0 Å². The summed E-state index contributed by atoms with van der Waals surface area (Å²) in [4.78, 5) is 1.27. The number of hydrogen-bond donors (Lipinski definition) is 1. The highest BCUT2D eigenvalue weighted by molar-refractivity contribution is 9.10. The molecule has 2 aromatic rings. The maximum absolute atomic E-state index is 13.9. The summed E-state index contributed by atoms with van der Waals surface area (Å²) in [6.45, 7) is 2.90. The van der Waals surface area contributed by atoms with Crippen molar-refractivity contribution in [1.82, 2.24) is 5.32 Å². The zero-order valence-electron chi connectivity index (χ0n) is 11.1. The molecule has 1 heterocycles. The Kier molecular flexibility index (Phi) is 6.02. The van der Waals surface area contributed by atoms with E-state index >= 15 is 0 Å². The van der Waals surface area contributed by atoms with Crippen molar-refractivity contribution in [2.45, 2.75) is 25.8 Å². The van der Waals surface area contributed by atoms with Crippen molar-refractivity contribution in [2.75, 3.05) is 6.54 Å². The monoisotopic (exact) mass is 375 g/mol. The summed E-state index contributed by atoms with van der Waals surface area (Å²) in [5, 5.41) is 5.96. The molecule has 0 saturated carbocycles. The van der Waals surface area contributed by atoms with Crippen LogP contribution in [0.25, 0.3) is 0 Å². The second-order valence-electron chi connectivity index (χ2n) is 4.55. The lowest BCUT2D eigenvalue weighted by Crippen LogP contribution is -2.33. The summed E-state index contributed by atoms with van der Waals surface area (Å²) in [5.41, 5.74) is 0.591. The smallest absolute Gasteiger partial charge is 0.127 e. The van der Waals surface area contributed by atoms with Crippen LogP contribution in [0.15, 0.2) is 34.1 Å². The van der Waals surface area contributed by atoms with Gasteiger partial charge in [0.05, 0.1) is 0 Å². The molecule has 1 unspecified atom stereocenters. The number of rotatable bonds is 6. The third kappa shape index (κ3) is 4.04. The maximum atomic E-state index is 13.9. The second kappa shape index (κ2) is 7.55. The predicted molar refractivity (Wildman–Crippen MR) is 88.3 cm³/mol. The van der Waals surface area contributed by atoms with Crippen LogP contribution < -0.4 is 5.32 Å². The normalized spacial score (nSPS) is 12.6. The Morgan fingerprint density at radius 3 is 2.75 bits per heavy atom. The number of thiophene rings is 1. The summed E-state index contributed by atoms with van der Waals surface area (Å²) in [6, 6.07) is 7.05. The van der Waals surface area contributed by atoms with E-state index in [-0.39, 0.29) is 11.9 Å². The fourth-order valence-electron chi connectivity index (χ4n) is 2.17. The van der Waals surface area contributed by atoms with E-state index < -0.39 is 0 Å². The molecule has 108 valence electrons. The van der Waals surface area contributed by atoms with Gasteiger partial charge < -0.3 is 5.32 Å². The fourth-order valence-corrected chi connectivity index (χ4v) is 4.01. The Balaban J connectivity index is 2.15. The minimum Gasteiger partial charge on any atom is -0.314 e. The first-order valence-corrected chi connectivity index (χ1v) is 8.55. The molecule has 5 heteroatoms. The highest BCUT2D eigenvalue weighted by Crippen LogP contribution is 2.26. The molecular formula is C15H16BrClFNS. The van der Waals surface area contributed by atoms with E-state index in [0.29, 0.717) is 17.0 Å². The minimum atomic E-state index is -0.231. The van der Waals surface area contributed by atoms with Gasteiger partial charge in [0, 0.05) is 26.0 Å². The molecule has 2 rings (SSSR count). The Labute approximate surface area is 136 Å². The van der Waals surface area contributed by atoms with E-state index in [1.54, 1.807) is 23.5 Å². The molecular weight excluding hydrogens is 361 g/mol. The molecule has 0 bridgehead atoms. The second-order valence-corrected chi connectivity index (χ2v) is 6.82. The van der Waals surface area contributed by atoms with E-state index in [1.165, 1.54) is 10.9 Å². The van der Waals surface area contributed by atoms with Gasteiger partial charge in [0.15, 0.2) is 0 Å². The molecule has 1 aromatic carbocycles. The van der Waals surface area contributed by atoms with Crippen LogP contribution in [-0.4, -0.2) is 12.6 Å². The van der Waals surface area contributed by atoms with E-state index in [2.05, 4.69) is 33.6 Å². The maximum Gasteiger partial charge on any atom is 0.127 e. The topological polar surface area (TPSA) is 12.0 Å². The molecule has 20 heavy (non-hydrogen) atoms. The molecule has 1 aromatic heterocycles. The van der Waals surface area contributed by atoms with Crippen LogP contribution in [0.2, 0.25) is 5.02 Å². The molecule has 0 spiro atoms. The van der Waals surface area contributed by atoms with Crippen LogP contribution in [0.3, 0.4) is 0 Å². The highest BCUT2D eigenvalue weighted by atomic mass is 79.9. The minimum absolute atomic E-state index is 0.171. The largest absolute Gasteiger partial charge is 0.314 e. The molecule has 1 nitrogen and oxygen atoms in total. The van der Waals surface area contributed by atoms with Crippen LogP contribution in [-0.2, 0) is 12.8 Å². The third-order valence-electron chi connectivity index (χ3n) is 3.13. The third-order valence-corrected chi connectivity index (χ3v) is 5.43. The number of halogens is 3. The molecule has 0 radical (unpaired) electrons. The zero-order chi connectivity index (χ0) is 14.5. The van der Waals surface area contributed by atoms with Crippen molar-refractivity contribution < 1.29 is 4.39 Å². The first-order chi connectivity index (χ1) is 9.61. The molecule has 0 aliphatic rings. The summed E-state index contributed by atoms with van der Waals surface area (Å²) in [5.74, 6) is -0.231. The first-order valence-electron chi connectivity index (χ1n) is 6.50. The van der Waals surface area contributed by atoms with Crippen LogP contribution in [0.1, 0.15) is 17.4 Å². The van der Waals surface area contributed by atoms with Crippen LogP contribution in [0, 0.1) is 5.82 Å². The Hall–Kier alpha value is -0.420. The van der Waals surface area contributed by atoms with Crippen LogP contribution >= 0.6 is 38.9 Å². The Morgan fingerprint density at radius 1 is 1.35 bits per heavy atom. The SMILES string of the molecule is CCNC(Cc1sccc1Br)Cc1c(F)cccc1Cl. The molecule has 1 N–H and O–H groups in total. The van der Waals surface area contributed by atoms with Gasteiger partial charge in [0.1, 0.15) is 5.82 Å². The van der Waals surface area contributed by atoms with Crippen molar-refractivity contribution in [1.29, 1.82) is 0 Å². The quantitative estimate of drug-likeness (QED) is 0.742. The zero-order valence-corrected chi connectivity index (χ0v) is 14.3. The highest BCUT2D eigenvalue weighted by Gasteiger charge is 2.16. The Morgan fingerprint density at radius 2 is 2.15 bits per heavy atom. The van der Waals surface area contributed by atoms with Gasteiger partial charge in [-0.1, -0.05) is 24.6 Å². The van der Waals surface area contributed by atoms with Crippen LogP contribution in [0.5, 0.6) is 0 Å². The van der Waals surface area contributed by atoms with E-state index in [4.69, 9.17) is 11.6 Å². The van der Waals surface area contributed by atoms with Gasteiger partial charge >= 0.3 is 0 Å². The molecule has 1 atom stereocenters. The summed E-state index contributed by atoms with van der Waals surface area (Å²) < 4.78 is 15.0. The van der Waals surface area contributed by atoms with Crippen LogP contribution in [0.4, 0.5) is 4.39 Å². The average molecular weight is 377 g/mol. The van der Waals surface area contributed by atoms with Gasteiger partial charge in [0.2, 0.25) is 0 Å². The summed E-state index contributed by atoms with van der Waals surface area (Å²) >= 11 is 11.4. The number of likely N-dealkylation sites (N-methyl/N-ethyl adjacent to an activating group) is 1. The first kappa shape index (κ1) is 16.0. The molecule has 0 aliphatic heterocycles. The van der Waals surface area contributed by atoms with E-state index in [0.717, 1.165) is 17.4 Å². The van der Waals surface area contributed by atoms with Crippen molar-refractivity contribution in [3.05, 3.63) is 55.4 Å². The van der Waals surface area contributed by atoms with Gasteiger partial charge in [-0.15, -0.1) is 11.3 Å². The predicted octanol–water partition coefficient (Wildman–Crippen LogP) is 5.07. The molecule has 0 fully saturated rings. The molecule has 0 amide bonds. The fraction of sp³-hybridized carbons (Fsp3) is 0.333. The van der Waals surface area contributed by atoms with E-state index in [9.17, 15) is 4.39 Å². The van der Waals surface area contributed by atoms with Crippen molar-refractivity contribution in [3.63, 3.8) is 0 Å². The van der Waals surface area contributed by atoms with Gasteiger partial charge in [-0.05, 0) is 58.9 Å². The van der Waals surface area contributed by atoms with Crippen molar-refractivity contribution in [3.8, 4) is 0 Å². The summed E-state index contributed by atoms with van der Waals surface area (Å²) in [7, 11) is 0. The standard InChI is InChI=1S/C15H16BrClFNS/c1-2-19-10(9-15-12(16)6-7-20-15)8-11-13(17)4-3-5-14(11)18/h3-7,10,19H,2,8-9H2,1H3. The molecule has 0 aliphatic carbocycles. The lowest BCUT2D eigenvalue weighted by molar-refractivity contribution is 0.508. The number of hydrogen-bond acceptors (Lipinski definition) is 2. The van der Waals surface area contributed by atoms with Crippen molar-refractivity contribution in [2.24, 2.45) is 0 Å². The van der Waals surface area contributed by atoms with Gasteiger partial charge in [-0.25, -0.2) is 4.39 Å². The van der Waals surface area contributed by atoms with Crippen molar-refractivity contribution >= 4 is 38.9 Å². The molecule has 0 saturated heterocycles. The average Bonchev–Trinajstić information content (AvgIpc) is 2.80. The lowest BCUT2D eigenvalue weighted by atomic mass is 10.0. The van der Waals surface area contributed by atoms with E-state index in [1.807, 2.05) is 6.07 Å². The summed E-state index contributed by atoms with van der Waals surface area (Å²) in [6.07, 6.45) is 1.44. The number of nitrogens with one attached hydrogen (secondary N) is 1. The van der Waals surface area contributed by atoms with Gasteiger partial charge in [-0.2, -0.15) is 0 Å².